The van der Waals surface area contributed by atoms with Crippen molar-refractivity contribution in [3.63, 3.8) is 0 Å². The minimum absolute atomic E-state index is 0.364. The average molecular weight is 247 g/mol. The van der Waals surface area contributed by atoms with Crippen LogP contribution in [0.15, 0.2) is 18.2 Å². The van der Waals surface area contributed by atoms with Crippen molar-refractivity contribution in [2.75, 3.05) is 38.3 Å². The SMILES string of the molecule is Cc1cc(N)ccc1N(C)CC1(N(C)C)CCC1. The highest BCUT2D eigenvalue weighted by molar-refractivity contribution is 5.59. The van der Waals surface area contributed by atoms with Gasteiger partial charge in [0.05, 0.1) is 0 Å². The standard InChI is InChI=1S/C15H25N3/c1-12-10-13(16)6-7-14(12)18(4)11-15(17(2)3)8-5-9-15/h6-7,10H,5,8-9,11,16H2,1-4H3. The summed E-state index contributed by atoms with van der Waals surface area (Å²) in [6.07, 6.45) is 3.96. The quantitative estimate of drug-likeness (QED) is 0.830. The van der Waals surface area contributed by atoms with Crippen molar-refractivity contribution in [2.24, 2.45) is 0 Å². The monoisotopic (exact) mass is 247 g/mol. The molecule has 100 valence electrons. The molecule has 0 aliphatic heterocycles. The van der Waals surface area contributed by atoms with Gasteiger partial charge in [-0.1, -0.05) is 0 Å². The molecule has 3 heteroatoms. The van der Waals surface area contributed by atoms with Gasteiger partial charge in [-0.3, -0.25) is 0 Å². The second kappa shape index (κ2) is 4.81. The van der Waals surface area contributed by atoms with Crippen molar-refractivity contribution in [1.82, 2.24) is 4.90 Å². The van der Waals surface area contributed by atoms with Crippen molar-refractivity contribution in [3.8, 4) is 0 Å². The molecular formula is C15H25N3. The molecule has 2 rings (SSSR count). The maximum absolute atomic E-state index is 5.81. The van der Waals surface area contributed by atoms with E-state index in [2.05, 4.69) is 50.0 Å². The minimum Gasteiger partial charge on any atom is -0.399 e. The van der Waals surface area contributed by atoms with Crippen LogP contribution in [0.4, 0.5) is 11.4 Å². The number of nitrogen functional groups attached to an aromatic ring is 1. The molecule has 0 saturated heterocycles. The van der Waals surface area contributed by atoms with Crippen LogP contribution < -0.4 is 10.6 Å². The molecule has 0 unspecified atom stereocenters. The van der Waals surface area contributed by atoms with Gasteiger partial charge >= 0.3 is 0 Å². The van der Waals surface area contributed by atoms with E-state index in [1.54, 1.807) is 0 Å². The summed E-state index contributed by atoms with van der Waals surface area (Å²) in [5, 5.41) is 0. The Morgan fingerprint density at radius 3 is 2.33 bits per heavy atom. The molecule has 1 saturated carbocycles. The Morgan fingerprint density at radius 2 is 1.89 bits per heavy atom. The van der Waals surface area contributed by atoms with Gasteiger partial charge in [-0.2, -0.15) is 0 Å². The predicted molar refractivity (Wildman–Crippen MR) is 79.1 cm³/mol. The smallest absolute Gasteiger partial charge is 0.0395 e. The van der Waals surface area contributed by atoms with Gasteiger partial charge in [0.15, 0.2) is 0 Å². The van der Waals surface area contributed by atoms with Crippen molar-refractivity contribution in [2.45, 2.75) is 31.7 Å². The summed E-state index contributed by atoms with van der Waals surface area (Å²) >= 11 is 0. The Balaban J connectivity index is 2.14. The average Bonchev–Trinajstić information content (AvgIpc) is 2.22. The summed E-state index contributed by atoms with van der Waals surface area (Å²) in [4.78, 5) is 4.76. The van der Waals surface area contributed by atoms with Crippen LogP contribution in [0.3, 0.4) is 0 Å². The summed E-state index contributed by atoms with van der Waals surface area (Å²) in [5.74, 6) is 0. The van der Waals surface area contributed by atoms with Crippen molar-refractivity contribution in [1.29, 1.82) is 0 Å². The third kappa shape index (κ3) is 2.32. The van der Waals surface area contributed by atoms with Gasteiger partial charge in [-0.05, 0) is 64.0 Å². The Bertz CT molecular complexity index is 422. The Kier molecular flexibility index (Phi) is 3.53. The fourth-order valence-electron chi connectivity index (χ4n) is 2.97. The molecule has 1 aromatic carbocycles. The van der Waals surface area contributed by atoms with Crippen LogP contribution >= 0.6 is 0 Å². The van der Waals surface area contributed by atoms with Crippen LogP contribution in [-0.4, -0.2) is 38.1 Å². The van der Waals surface area contributed by atoms with Gasteiger partial charge in [0.25, 0.3) is 0 Å². The zero-order valence-electron chi connectivity index (χ0n) is 12.0. The highest BCUT2D eigenvalue weighted by Gasteiger charge is 2.40. The van der Waals surface area contributed by atoms with E-state index in [1.807, 2.05) is 6.07 Å². The van der Waals surface area contributed by atoms with E-state index in [9.17, 15) is 0 Å². The number of nitrogens with zero attached hydrogens (tertiary/aromatic N) is 2. The van der Waals surface area contributed by atoms with Gasteiger partial charge in [-0.15, -0.1) is 0 Å². The maximum Gasteiger partial charge on any atom is 0.0395 e. The fraction of sp³-hybridized carbons (Fsp3) is 0.600. The molecule has 0 radical (unpaired) electrons. The maximum atomic E-state index is 5.81. The van der Waals surface area contributed by atoms with E-state index in [1.165, 1.54) is 30.5 Å². The lowest BCUT2D eigenvalue weighted by atomic mass is 9.75. The fourth-order valence-corrected chi connectivity index (χ4v) is 2.97. The predicted octanol–water partition coefficient (Wildman–Crippen LogP) is 2.50. The molecule has 2 N–H and O–H groups in total. The van der Waals surface area contributed by atoms with Crippen LogP contribution in [0, 0.1) is 6.92 Å². The lowest BCUT2D eigenvalue weighted by Crippen LogP contribution is -2.56. The number of aryl methyl sites for hydroxylation is 1. The summed E-state index contributed by atoms with van der Waals surface area (Å²) in [6, 6.07) is 6.17. The number of hydrogen-bond donors (Lipinski definition) is 1. The number of likely N-dealkylation sites (N-methyl/N-ethyl adjacent to an activating group) is 2. The lowest BCUT2D eigenvalue weighted by molar-refractivity contribution is 0.0683. The molecule has 3 nitrogen and oxygen atoms in total. The van der Waals surface area contributed by atoms with Crippen LogP contribution in [0.1, 0.15) is 24.8 Å². The molecule has 1 aliphatic rings. The second-order valence-electron chi connectivity index (χ2n) is 5.87. The molecule has 0 spiro atoms. The molecule has 0 amide bonds. The number of rotatable bonds is 4. The van der Waals surface area contributed by atoms with Crippen molar-refractivity contribution in [3.05, 3.63) is 23.8 Å². The van der Waals surface area contributed by atoms with Crippen molar-refractivity contribution < 1.29 is 0 Å². The van der Waals surface area contributed by atoms with Crippen LogP contribution in [0.5, 0.6) is 0 Å². The molecule has 1 aliphatic carbocycles. The highest BCUT2D eigenvalue weighted by atomic mass is 15.2. The molecule has 18 heavy (non-hydrogen) atoms. The number of anilines is 2. The van der Waals surface area contributed by atoms with Crippen LogP contribution in [0.25, 0.3) is 0 Å². The zero-order chi connectivity index (χ0) is 13.3. The summed E-state index contributed by atoms with van der Waals surface area (Å²) in [5.41, 5.74) is 9.57. The largest absolute Gasteiger partial charge is 0.399 e. The molecule has 0 aromatic heterocycles. The van der Waals surface area contributed by atoms with Gasteiger partial charge in [-0.25, -0.2) is 0 Å². The van der Waals surface area contributed by atoms with Gasteiger partial charge < -0.3 is 15.5 Å². The molecule has 0 bridgehead atoms. The van der Waals surface area contributed by atoms with Crippen LogP contribution in [0.2, 0.25) is 0 Å². The van der Waals surface area contributed by atoms with Gasteiger partial charge in [0.1, 0.15) is 0 Å². The topological polar surface area (TPSA) is 32.5 Å². The molecular weight excluding hydrogens is 222 g/mol. The number of nitrogens with two attached hydrogens (primary N) is 1. The van der Waals surface area contributed by atoms with E-state index in [0.717, 1.165) is 12.2 Å². The normalized spacial score (nSPS) is 17.6. The third-order valence-corrected chi connectivity index (χ3v) is 4.40. The van der Waals surface area contributed by atoms with Gasteiger partial charge in [0, 0.05) is 30.5 Å². The second-order valence-corrected chi connectivity index (χ2v) is 5.87. The van der Waals surface area contributed by atoms with Crippen LogP contribution in [-0.2, 0) is 0 Å². The summed E-state index contributed by atoms with van der Waals surface area (Å²) < 4.78 is 0. The van der Waals surface area contributed by atoms with E-state index in [-0.39, 0.29) is 0 Å². The van der Waals surface area contributed by atoms with E-state index < -0.39 is 0 Å². The third-order valence-electron chi connectivity index (χ3n) is 4.40. The van der Waals surface area contributed by atoms with E-state index in [4.69, 9.17) is 5.73 Å². The summed E-state index contributed by atoms with van der Waals surface area (Å²) in [7, 11) is 6.58. The Hall–Kier alpha value is -1.22. The molecule has 1 fully saturated rings. The first-order valence-electron chi connectivity index (χ1n) is 6.69. The Morgan fingerprint density at radius 1 is 1.22 bits per heavy atom. The first kappa shape index (κ1) is 13.2. The Labute approximate surface area is 111 Å². The molecule has 0 heterocycles. The molecule has 1 aromatic rings. The first-order valence-corrected chi connectivity index (χ1v) is 6.69. The zero-order valence-corrected chi connectivity index (χ0v) is 12.0. The van der Waals surface area contributed by atoms with Crippen molar-refractivity contribution >= 4 is 11.4 Å². The number of benzene rings is 1. The van der Waals surface area contributed by atoms with Gasteiger partial charge in [0.2, 0.25) is 0 Å². The lowest BCUT2D eigenvalue weighted by Gasteiger charge is -2.49. The van der Waals surface area contributed by atoms with E-state index in [0.29, 0.717) is 5.54 Å². The number of hydrogen-bond acceptors (Lipinski definition) is 3. The highest BCUT2D eigenvalue weighted by Crippen LogP contribution is 2.37. The van der Waals surface area contributed by atoms with E-state index >= 15 is 0 Å². The first-order chi connectivity index (χ1) is 8.44. The summed E-state index contributed by atoms with van der Waals surface area (Å²) in [6.45, 7) is 3.22. The minimum atomic E-state index is 0.364. The molecule has 0 atom stereocenters.